The van der Waals surface area contributed by atoms with Crippen molar-refractivity contribution in [2.45, 2.75) is 0 Å². The zero-order valence-electron chi connectivity index (χ0n) is 11.1. The number of carboxylic acids is 1. The summed E-state index contributed by atoms with van der Waals surface area (Å²) in [6.07, 6.45) is 0. The van der Waals surface area contributed by atoms with Gasteiger partial charge < -0.3 is 10.4 Å². The van der Waals surface area contributed by atoms with Crippen molar-refractivity contribution in [1.82, 2.24) is 10.2 Å². The Kier molecular flexibility index (Phi) is 3.52. The average molecular weight is 316 g/mol. The van der Waals surface area contributed by atoms with Crippen LogP contribution in [-0.2, 0) is 0 Å². The molecule has 110 valence electrons. The lowest BCUT2D eigenvalue weighted by Gasteiger charge is -2.08. The molecule has 7 heteroatoms. The number of benzene rings is 2. The van der Waals surface area contributed by atoms with Gasteiger partial charge in [-0.05, 0) is 24.3 Å². The normalized spacial score (nSPS) is 10.6. The highest BCUT2D eigenvalue weighted by Gasteiger charge is 2.17. The van der Waals surface area contributed by atoms with Gasteiger partial charge in [-0.15, -0.1) is 0 Å². The number of rotatable bonds is 3. The molecule has 0 aliphatic carbocycles. The van der Waals surface area contributed by atoms with Gasteiger partial charge in [0, 0.05) is 10.4 Å². The number of carbonyl (C=O) groups excluding carboxylic acids is 1. The molecular weight excluding hydrogens is 306 g/mol. The van der Waals surface area contributed by atoms with Crippen molar-refractivity contribution >= 4 is 40.1 Å². The third-order valence-corrected chi connectivity index (χ3v) is 3.38. The Morgan fingerprint density at radius 2 is 1.95 bits per heavy atom. The minimum absolute atomic E-state index is 0.0439. The Morgan fingerprint density at radius 3 is 2.73 bits per heavy atom. The fraction of sp³-hybridized carbons (Fsp3) is 0. The van der Waals surface area contributed by atoms with Crippen molar-refractivity contribution in [3.05, 3.63) is 58.7 Å². The third-order valence-electron chi connectivity index (χ3n) is 3.15. The minimum atomic E-state index is -1.15. The molecule has 1 amide bonds. The summed E-state index contributed by atoms with van der Waals surface area (Å²) < 4.78 is 0. The first-order valence-corrected chi connectivity index (χ1v) is 6.71. The predicted molar refractivity (Wildman–Crippen MR) is 82.5 cm³/mol. The lowest BCUT2D eigenvalue weighted by molar-refractivity contribution is 0.0698. The van der Waals surface area contributed by atoms with E-state index in [4.69, 9.17) is 16.7 Å². The maximum absolute atomic E-state index is 12.3. The van der Waals surface area contributed by atoms with E-state index in [9.17, 15) is 9.59 Å². The van der Waals surface area contributed by atoms with Gasteiger partial charge in [-0.1, -0.05) is 29.8 Å². The van der Waals surface area contributed by atoms with Gasteiger partial charge in [0.05, 0.1) is 16.8 Å². The van der Waals surface area contributed by atoms with Crippen molar-refractivity contribution < 1.29 is 14.7 Å². The van der Waals surface area contributed by atoms with E-state index >= 15 is 0 Å². The van der Waals surface area contributed by atoms with Gasteiger partial charge in [0.2, 0.25) is 0 Å². The second kappa shape index (κ2) is 5.50. The van der Waals surface area contributed by atoms with Crippen LogP contribution >= 0.6 is 11.6 Å². The number of para-hydroxylation sites is 1. The van der Waals surface area contributed by atoms with E-state index in [2.05, 4.69) is 15.5 Å². The molecule has 0 aliphatic heterocycles. The second-order valence-electron chi connectivity index (χ2n) is 4.57. The fourth-order valence-electron chi connectivity index (χ4n) is 2.12. The highest BCUT2D eigenvalue weighted by molar-refractivity contribution is 6.31. The molecule has 3 N–H and O–H groups in total. The topological polar surface area (TPSA) is 95.1 Å². The number of fused-ring (bicyclic) bond motifs is 1. The number of amides is 1. The van der Waals surface area contributed by atoms with Gasteiger partial charge >= 0.3 is 5.97 Å². The molecule has 0 atom stereocenters. The molecule has 0 saturated heterocycles. The highest BCUT2D eigenvalue weighted by atomic mass is 35.5. The monoisotopic (exact) mass is 315 g/mol. The van der Waals surface area contributed by atoms with E-state index in [1.807, 2.05) is 6.07 Å². The molecule has 0 fully saturated rings. The standard InChI is InChI=1S/C15H10ClN3O3/c16-8-5-6-10(15(21)22)12(7-8)17-14(20)13-9-3-1-2-4-11(9)18-19-13/h1-7H,(H,17,20)(H,18,19)(H,21,22). The number of nitrogens with zero attached hydrogens (tertiary/aromatic N) is 1. The molecule has 6 nitrogen and oxygen atoms in total. The first-order chi connectivity index (χ1) is 10.6. The van der Waals surface area contributed by atoms with Crippen LogP contribution in [0.15, 0.2) is 42.5 Å². The zero-order chi connectivity index (χ0) is 15.7. The van der Waals surface area contributed by atoms with Crippen molar-refractivity contribution in [2.24, 2.45) is 0 Å². The van der Waals surface area contributed by atoms with Crippen molar-refractivity contribution in [2.75, 3.05) is 5.32 Å². The quantitative estimate of drug-likeness (QED) is 0.691. The van der Waals surface area contributed by atoms with Crippen molar-refractivity contribution in [3.63, 3.8) is 0 Å². The zero-order valence-corrected chi connectivity index (χ0v) is 11.9. The molecule has 22 heavy (non-hydrogen) atoms. The molecule has 0 saturated carbocycles. The number of hydrogen-bond donors (Lipinski definition) is 3. The molecule has 2 aromatic carbocycles. The summed E-state index contributed by atoms with van der Waals surface area (Å²) in [5.74, 6) is -1.67. The summed E-state index contributed by atoms with van der Waals surface area (Å²) in [6, 6.07) is 11.3. The Hall–Kier alpha value is -2.86. The molecule has 0 aliphatic rings. The largest absolute Gasteiger partial charge is 0.478 e. The van der Waals surface area contributed by atoms with Crippen LogP contribution in [0.4, 0.5) is 5.69 Å². The number of H-pyrrole nitrogens is 1. The lowest BCUT2D eigenvalue weighted by atomic mass is 10.1. The predicted octanol–water partition coefficient (Wildman–Crippen LogP) is 3.17. The van der Waals surface area contributed by atoms with Crippen molar-refractivity contribution in [1.29, 1.82) is 0 Å². The van der Waals surface area contributed by atoms with Crippen molar-refractivity contribution in [3.8, 4) is 0 Å². The molecule has 3 aromatic rings. The second-order valence-corrected chi connectivity index (χ2v) is 5.00. The number of aromatic carboxylic acids is 1. The molecule has 0 bridgehead atoms. The third kappa shape index (κ3) is 2.51. The summed E-state index contributed by atoms with van der Waals surface area (Å²) in [4.78, 5) is 23.5. The Bertz CT molecular complexity index is 889. The van der Waals surface area contributed by atoms with Crippen LogP contribution in [0.2, 0.25) is 5.02 Å². The van der Waals surface area contributed by atoms with E-state index in [1.54, 1.807) is 18.2 Å². The molecule has 1 heterocycles. The van der Waals surface area contributed by atoms with Crippen LogP contribution in [-0.4, -0.2) is 27.2 Å². The van der Waals surface area contributed by atoms with E-state index in [0.29, 0.717) is 10.4 Å². The lowest BCUT2D eigenvalue weighted by Crippen LogP contribution is -2.15. The smallest absolute Gasteiger partial charge is 0.337 e. The highest BCUT2D eigenvalue weighted by Crippen LogP contribution is 2.23. The number of aromatic amines is 1. The summed E-state index contributed by atoms with van der Waals surface area (Å²) in [5.41, 5.74) is 0.985. The number of aromatic nitrogens is 2. The van der Waals surface area contributed by atoms with Gasteiger partial charge in [0.25, 0.3) is 5.91 Å². The Labute approximate surface area is 129 Å². The van der Waals surface area contributed by atoms with E-state index in [0.717, 1.165) is 5.52 Å². The van der Waals surface area contributed by atoms with Crippen LogP contribution in [0.5, 0.6) is 0 Å². The summed E-state index contributed by atoms with van der Waals surface area (Å²) >= 11 is 5.86. The summed E-state index contributed by atoms with van der Waals surface area (Å²) in [6.45, 7) is 0. The molecule has 1 aromatic heterocycles. The van der Waals surface area contributed by atoms with Gasteiger partial charge in [-0.3, -0.25) is 9.89 Å². The Morgan fingerprint density at radius 1 is 1.18 bits per heavy atom. The number of halogens is 1. The SMILES string of the molecule is O=C(O)c1ccc(Cl)cc1NC(=O)c1n[nH]c2ccccc12. The summed E-state index contributed by atoms with van der Waals surface area (Å²) in [7, 11) is 0. The number of carbonyl (C=O) groups is 2. The maximum atomic E-state index is 12.3. The number of nitrogens with one attached hydrogen (secondary N) is 2. The van der Waals surface area contributed by atoms with E-state index < -0.39 is 11.9 Å². The Balaban J connectivity index is 1.98. The molecule has 0 spiro atoms. The van der Waals surface area contributed by atoms with Gasteiger partial charge in [0.1, 0.15) is 0 Å². The van der Waals surface area contributed by atoms with Gasteiger partial charge in [0.15, 0.2) is 5.69 Å². The molecule has 0 radical (unpaired) electrons. The summed E-state index contributed by atoms with van der Waals surface area (Å²) in [5, 5.41) is 19.4. The van der Waals surface area contributed by atoms with Crippen LogP contribution in [0.25, 0.3) is 10.9 Å². The maximum Gasteiger partial charge on any atom is 0.337 e. The average Bonchev–Trinajstić information content (AvgIpc) is 2.91. The van der Waals surface area contributed by atoms with Crippen LogP contribution in [0.3, 0.4) is 0 Å². The number of hydrogen-bond acceptors (Lipinski definition) is 3. The molecular formula is C15H10ClN3O3. The number of carboxylic acid groups (broad SMARTS) is 1. The van der Waals surface area contributed by atoms with Gasteiger partial charge in [-0.25, -0.2) is 4.79 Å². The van der Waals surface area contributed by atoms with Gasteiger partial charge in [-0.2, -0.15) is 5.10 Å². The molecule has 3 rings (SSSR count). The van der Waals surface area contributed by atoms with E-state index in [1.165, 1.54) is 18.2 Å². The van der Waals surface area contributed by atoms with Crippen LogP contribution in [0, 0.1) is 0 Å². The first kappa shape index (κ1) is 14.1. The van der Waals surface area contributed by atoms with Crippen LogP contribution < -0.4 is 5.32 Å². The first-order valence-electron chi connectivity index (χ1n) is 6.33. The van der Waals surface area contributed by atoms with Crippen LogP contribution in [0.1, 0.15) is 20.8 Å². The fourth-order valence-corrected chi connectivity index (χ4v) is 2.30. The molecule has 0 unspecified atom stereocenters. The van der Waals surface area contributed by atoms with E-state index in [-0.39, 0.29) is 16.9 Å². The number of anilines is 1. The minimum Gasteiger partial charge on any atom is -0.478 e.